The predicted octanol–water partition coefficient (Wildman–Crippen LogP) is 2.19. The molecule has 0 saturated heterocycles. The first kappa shape index (κ1) is 12.2. The molecule has 1 N–H and O–H groups in total. The molecule has 0 spiro atoms. The van der Waals surface area contributed by atoms with Crippen LogP contribution in [0.3, 0.4) is 0 Å². The lowest BCUT2D eigenvalue weighted by atomic mass is 10.1. The molecule has 0 bridgehead atoms. The van der Waals surface area contributed by atoms with Gasteiger partial charge in [0.25, 0.3) is 10.0 Å². The molecule has 0 saturated carbocycles. The molecule has 4 nitrogen and oxygen atoms in total. The monoisotopic (exact) mass is 275 g/mol. The number of anilines is 1. The van der Waals surface area contributed by atoms with Gasteiger partial charge in [0.15, 0.2) is 6.23 Å². The van der Waals surface area contributed by atoms with E-state index >= 15 is 0 Å². The van der Waals surface area contributed by atoms with Crippen LogP contribution < -0.4 is 4.31 Å². The van der Waals surface area contributed by atoms with Crippen molar-refractivity contribution < 1.29 is 13.5 Å². The van der Waals surface area contributed by atoms with Crippen LogP contribution in [0.1, 0.15) is 17.4 Å². The summed E-state index contributed by atoms with van der Waals surface area (Å²) in [7, 11) is -3.69. The Labute approximate surface area is 112 Å². The van der Waals surface area contributed by atoms with Crippen LogP contribution in [0.2, 0.25) is 0 Å². The Morgan fingerprint density at radius 3 is 2.47 bits per heavy atom. The zero-order valence-electron chi connectivity index (χ0n) is 10.3. The first-order chi connectivity index (χ1) is 9.01. The fourth-order valence-corrected chi connectivity index (χ4v) is 4.09. The minimum atomic E-state index is -3.69. The van der Waals surface area contributed by atoms with E-state index < -0.39 is 16.3 Å². The molecule has 0 radical (unpaired) electrons. The van der Waals surface area contributed by atoms with Gasteiger partial charge in [-0.1, -0.05) is 30.3 Å². The van der Waals surface area contributed by atoms with Crippen molar-refractivity contribution in [1.29, 1.82) is 0 Å². The fourth-order valence-electron chi connectivity index (χ4n) is 2.30. The first-order valence-electron chi connectivity index (χ1n) is 5.90. The molecular formula is C14H13NO3S. The van der Waals surface area contributed by atoms with Crippen molar-refractivity contribution in [3.63, 3.8) is 0 Å². The summed E-state index contributed by atoms with van der Waals surface area (Å²) in [6.07, 6.45) is -1.16. The minimum absolute atomic E-state index is 0.184. The van der Waals surface area contributed by atoms with Gasteiger partial charge in [-0.15, -0.1) is 0 Å². The van der Waals surface area contributed by atoms with Gasteiger partial charge in [-0.25, -0.2) is 12.7 Å². The van der Waals surface area contributed by atoms with Gasteiger partial charge in [0, 0.05) is 5.56 Å². The van der Waals surface area contributed by atoms with Crippen LogP contribution in [-0.4, -0.2) is 13.5 Å². The quantitative estimate of drug-likeness (QED) is 0.868. The molecule has 5 heteroatoms. The maximum atomic E-state index is 12.5. The zero-order valence-corrected chi connectivity index (χ0v) is 11.1. The number of para-hydroxylation sites is 1. The maximum Gasteiger partial charge on any atom is 0.267 e. The standard InChI is InChI=1S/C14H13NO3S/c1-10-7-8-12-13(9-10)19(17,18)15(14(12)16)11-5-3-2-4-6-11/h2-9,14,16H,1H3. The Balaban J connectivity index is 2.22. The molecule has 2 aromatic rings. The van der Waals surface area contributed by atoms with Crippen LogP contribution in [-0.2, 0) is 10.0 Å². The SMILES string of the molecule is Cc1ccc2c(c1)S(=O)(=O)N(c1ccccc1)C2O. The second-order valence-corrected chi connectivity index (χ2v) is 6.33. The summed E-state index contributed by atoms with van der Waals surface area (Å²) in [5.41, 5.74) is 1.74. The average Bonchev–Trinajstić information content (AvgIpc) is 2.58. The van der Waals surface area contributed by atoms with E-state index in [9.17, 15) is 13.5 Å². The number of aryl methyl sites for hydroxylation is 1. The minimum Gasteiger partial charge on any atom is -0.368 e. The number of benzene rings is 2. The lowest BCUT2D eigenvalue weighted by molar-refractivity contribution is 0.193. The lowest BCUT2D eigenvalue weighted by Crippen LogP contribution is -2.27. The van der Waals surface area contributed by atoms with Crippen molar-refractivity contribution in [2.24, 2.45) is 0 Å². The topological polar surface area (TPSA) is 57.6 Å². The van der Waals surface area contributed by atoms with E-state index in [0.29, 0.717) is 11.3 Å². The molecule has 1 atom stereocenters. The number of hydrogen-bond donors (Lipinski definition) is 1. The van der Waals surface area contributed by atoms with Gasteiger partial charge in [0.1, 0.15) is 0 Å². The Bertz CT molecular complexity index is 726. The molecule has 1 aliphatic heterocycles. The number of hydrogen-bond acceptors (Lipinski definition) is 3. The summed E-state index contributed by atoms with van der Waals surface area (Å²) in [6.45, 7) is 1.83. The van der Waals surface area contributed by atoms with Crippen molar-refractivity contribution in [1.82, 2.24) is 0 Å². The molecule has 1 aliphatic rings. The summed E-state index contributed by atoms with van der Waals surface area (Å²) in [5, 5.41) is 10.3. The highest BCUT2D eigenvalue weighted by molar-refractivity contribution is 7.93. The summed E-state index contributed by atoms with van der Waals surface area (Å²) in [4.78, 5) is 0.184. The lowest BCUT2D eigenvalue weighted by Gasteiger charge is -2.21. The van der Waals surface area contributed by atoms with Crippen LogP contribution in [0.25, 0.3) is 0 Å². The van der Waals surface area contributed by atoms with Crippen LogP contribution in [0, 0.1) is 6.92 Å². The van der Waals surface area contributed by atoms with Gasteiger partial charge in [-0.3, -0.25) is 0 Å². The molecule has 3 rings (SSSR count). The molecule has 2 aromatic carbocycles. The highest BCUT2D eigenvalue weighted by Crippen LogP contribution is 2.41. The van der Waals surface area contributed by atoms with Crippen molar-refractivity contribution >= 4 is 15.7 Å². The van der Waals surface area contributed by atoms with Crippen LogP contribution in [0.15, 0.2) is 53.4 Å². The normalized spacial score (nSPS) is 20.3. The molecular weight excluding hydrogens is 262 g/mol. The van der Waals surface area contributed by atoms with E-state index in [1.54, 1.807) is 48.5 Å². The fraction of sp³-hybridized carbons (Fsp3) is 0.143. The molecule has 1 heterocycles. The van der Waals surface area contributed by atoms with Crippen LogP contribution in [0.5, 0.6) is 0 Å². The van der Waals surface area contributed by atoms with Gasteiger partial charge < -0.3 is 5.11 Å². The number of aliphatic hydroxyl groups is 1. The maximum absolute atomic E-state index is 12.5. The smallest absolute Gasteiger partial charge is 0.267 e. The summed E-state index contributed by atoms with van der Waals surface area (Å²) < 4.78 is 26.1. The van der Waals surface area contributed by atoms with Gasteiger partial charge >= 0.3 is 0 Å². The Morgan fingerprint density at radius 2 is 1.79 bits per heavy atom. The second-order valence-electron chi connectivity index (χ2n) is 4.55. The van der Waals surface area contributed by atoms with Crippen LogP contribution >= 0.6 is 0 Å². The van der Waals surface area contributed by atoms with Gasteiger partial charge in [-0.05, 0) is 30.7 Å². The number of nitrogens with zero attached hydrogens (tertiary/aromatic N) is 1. The Morgan fingerprint density at radius 1 is 1.11 bits per heavy atom. The molecule has 0 aromatic heterocycles. The summed E-state index contributed by atoms with van der Waals surface area (Å²) in [6, 6.07) is 13.7. The van der Waals surface area contributed by atoms with Crippen molar-refractivity contribution in [2.45, 2.75) is 18.0 Å². The van der Waals surface area contributed by atoms with E-state index in [1.165, 1.54) is 0 Å². The molecule has 1 unspecified atom stereocenters. The number of sulfonamides is 1. The molecule has 98 valence electrons. The largest absolute Gasteiger partial charge is 0.368 e. The third-order valence-corrected chi connectivity index (χ3v) is 5.05. The number of rotatable bonds is 1. The van der Waals surface area contributed by atoms with Gasteiger partial charge in [0.05, 0.1) is 10.6 Å². The third kappa shape index (κ3) is 1.74. The van der Waals surface area contributed by atoms with E-state index in [4.69, 9.17) is 0 Å². The predicted molar refractivity (Wildman–Crippen MR) is 72.2 cm³/mol. The second kappa shape index (κ2) is 4.08. The number of aliphatic hydroxyl groups excluding tert-OH is 1. The summed E-state index contributed by atoms with van der Waals surface area (Å²) >= 11 is 0. The molecule has 0 fully saturated rings. The molecule has 0 amide bonds. The van der Waals surface area contributed by atoms with E-state index in [-0.39, 0.29) is 4.90 Å². The van der Waals surface area contributed by atoms with Crippen molar-refractivity contribution in [3.05, 3.63) is 59.7 Å². The van der Waals surface area contributed by atoms with Crippen LogP contribution in [0.4, 0.5) is 5.69 Å². The average molecular weight is 275 g/mol. The van der Waals surface area contributed by atoms with Crippen molar-refractivity contribution in [3.8, 4) is 0 Å². The van der Waals surface area contributed by atoms with Gasteiger partial charge in [0.2, 0.25) is 0 Å². The number of fused-ring (bicyclic) bond motifs is 1. The Kier molecular flexibility index (Phi) is 2.62. The first-order valence-corrected chi connectivity index (χ1v) is 7.34. The highest BCUT2D eigenvalue weighted by atomic mass is 32.2. The van der Waals surface area contributed by atoms with Crippen molar-refractivity contribution in [2.75, 3.05) is 4.31 Å². The van der Waals surface area contributed by atoms with E-state index in [1.807, 2.05) is 6.92 Å². The van der Waals surface area contributed by atoms with E-state index in [2.05, 4.69) is 0 Å². The third-order valence-electron chi connectivity index (χ3n) is 3.22. The highest BCUT2D eigenvalue weighted by Gasteiger charge is 2.41. The van der Waals surface area contributed by atoms with Gasteiger partial charge in [-0.2, -0.15) is 0 Å². The summed E-state index contributed by atoms with van der Waals surface area (Å²) in [5.74, 6) is 0. The molecule has 19 heavy (non-hydrogen) atoms. The van der Waals surface area contributed by atoms with E-state index in [0.717, 1.165) is 9.87 Å². The zero-order chi connectivity index (χ0) is 13.6. The Hall–Kier alpha value is -1.85. The molecule has 0 aliphatic carbocycles.